The third-order valence-electron chi connectivity index (χ3n) is 4.24. The van der Waals surface area contributed by atoms with Gasteiger partial charge in [-0.15, -0.1) is 0 Å². The van der Waals surface area contributed by atoms with Gasteiger partial charge in [-0.05, 0) is 33.8 Å². The van der Waals surface area contributed by atoms with Crippen LogP contribution in [-0.4, -0.2) is 24.1 Å². The Labute approximate surface area is 121 Å². The van der Waals surface area contributed by atoms with E-state index in [4.69, 9.17) is 13.7 Å². The second-order valence-corrected chi connectivity index (χ2v) is 6.22. The van der Waals surface area contributed by atoms with Crippen LogP contribution >= 0.6 is 0 Å². The molecule has 0 N–H and O–H groups in total. The second kappa shape index (κ2) is 5.04. The highest BCUT2D eigenvalue weighted by molar-refractivity contribution is 6.63. The molecule has 1 saturated heterocycles. The molecule has 110 valence electrons. The number of carbonyl (C=O) groups is 1. The van der Waals surface area contributed by atoms with Crippen LogP contribution in [0.3, 0.4) is 0 Å². The molecule has 0 aliphatic carbocycles. The lowest BCUT2D eigenvalue weighted by Gasteiger charge is -2.32. The lowest BCUT2D eigenvalue weighted by atomic mass is 9.78. The molecule has 0 unspecified atom stereocenters. The predicted octanol–water partition coefficient (Wildman–Crippen LogP) is 2.73. The maximum Gasteiger partial charge on any atom is 0.498 e. The van der Waals surface area contributed by atoms with Crippen molar-refractivity contribution < 1.29 is 18.5 Å². The van der Waals surface area contributed by atoms with Gasteiger partial charge < -0.3 is 13.7 Å². The van der Waals surface area contributed by atoms with Crippen molar-refractivity contribution in [1.29, 1.82) is 0 Å². The van der Waals surface area contributed by atoms with Crippen molar-refractivity contribution in [3.63, 3.8) is 0 Å². The molecule has 20 heavy (non-hydrogen) atoms. The van der Waals surface area contributed by atoms with E-state index in [1.807, 2.05) is 47.6 Å². The Hall–Kier alpha value is -1.07. The highest BCUT2D eigenvalue weighted by Gasteiger charge is 2.53. The Kier molecular flexibility index (Phi) is 3.86. The van der Waals surface area contributed by atoms with Gasteiger partial charge in [-0.25, -0.2) is 0 Å². The summed E-state index contributed by atoms with van der Waals surface area (Å²) in [5, 5.41) is 0. The summed E-state index contributed by atoms with van der Waals surface area (Å²) < 4.78 is 17.7. The van der Waals surface area contributed by atoms with E-state index in [0.717, 1.165) is 12.2 Å². The summed E-state index contributed by atoms with van der Waals surface area (Å²) in [5.74, 6) is 1.14. The van der Waals surface area contributed by atoms with E-state index in [0.29, 0.717) is 17.6 Å². The van der Waals surface area contributed by atoms with Crippen LogP contribution in [0, 0.1) is 0 Å². The van der Waals surface area contributed by atoms with Crippen LogP contribution in [0.2, 0.25) is 0 Å². The van der Waals surface area contributed by atoms with Crippen molar-refractivity contribution in [2.75, 3.05) is 0 Å². The van der Waals surface area contributed by atoms with Gasteiger partial charge in [-0.1, -0.05) is 13.8 Å². The van der Waals surface area contributed by atoms with Crippen LogP contribution in [0.25, 0.3) is 0 Å². The molecule has 5 heteroatoms. The number of furan rings is 1. The van der Waals surface area contributed by atoms with E-state index in [2.05, 4.69) is 0 Å². The molecule has 1 aromatic heterocycles. The lowest BCUT2D eigenvalue weighted by Crippen LogP contribution is -2.41. The van der Waals surface area contributed by atoms with Gasteiger partial charge in [0.25, 0.3) is 0 Å². The van der Waals surface area contributed by atoms with Gasteiger partial charge in [0.15, 0.2) is 11.5 Å². The first-order valence-electron chi connectivity index (χ1n) is 7.23. The molecule has 0 saturated carbocycles. The van der Waals surface area contributed by atoms with Crippen molar-refractivity contribution in [2.45, 2.75) is 65.6 Å². The fourth-order valence-electron chi connectivity index (χ4n) is 2.16. The van der Waals surface area contributed by atoms with Crippen molar-refractivity contribution in [2.24, 2.45) is 0 Å². The van der Waals surface area contributed by atoms with Crippen LogP contribution in [0.1, 0.15) is 64.3 Å². The lowest BCUT2D eigenvalue weighted by molar-refractivity contribution is 0.00578. The highest BCUT2D eigenvalue weighted by Crippen LogP contribution is 2.37. The van der Waals surface area contributed by atoms with E-state index in [1.165, 1.54) is 0 Å². The van der Waals surface area contributed by atoms with E-state index < -0.39 is 18.3 Å². The number of rotatable bonds is 4. The van der Waals surface area contributed by atoms with Crippen molar-refractivity contribution in [1.82, 2.24) is 0 Å². The zero-order chi connectivity index (χ0) is 15.1. The maximum absolute atomic E-state index is 12.0. The van der Waals surface area contributed by atoms with Gasteiger partial charge in [0.2, 0.25) is 0 Å². The Morgan fingerprint density at radius 3 is 2.15 bits per heavy atom. The molecule has 0 bridgehead atoms. The van der Waals surface area contributed by atoms with Crippen LogP contribution in [0.4, 0.5) is 0 Å². The topological polar surface area (TPSA) is 48.7 Å². The molecule has 2 heterocycles. The van der Waals surface area contributed by atoms with Gasteiger partial charge >= 0.3 is 7.12 Å². The molecule has 1 fully saturated rings. The normalized spacial score (nSPS) is 20.4. The Bertz CT molecular complexity index is 500. The predicted molar refractivity (Wildman–Crippen MR) is 78.4 cm³/mol. The minimum Gasteiger partial charge on any atom is -0.458 e. The van der Waals surface area contributed by atoms with Crippen LogP contribution in [0.5, 0.6) is 0 Å². The molecule has 4 nitrogen and oxygen atoms in total. The standard InChI is InChI=1S/C15H23BO4/c1-7-10-9-11(13(18-10)12(17)8-2)16-19-14(3,4)15(5,6)20-16/h9H,7-8H2,1-6H3. The van der Waals surface area contributed by atoms with E-state index in [1.54, 1.807) is 0 Å². The number of hydrogen-bond acceptors (Lipinski definition) is 4. The van der Waals surface area contributed by atoms with E-state index in [9.17, 15) is 4.79 Å². The number of hydrogen-bond donors (Lipinski definition) is 0. The van der Waals surface area contributed by atoms with Gasteiger partial charge in [-0.3, -0.25) is 4.79 Å². The fraction of sp³-hybridized carbons (Fsp3) is 0.667. The minimum absolute atomic E-state index is 0.0191. The van der Waals surface area contributed by atoms with E-state index in [-0.39, 0.29) is 5.78 Å². The minimum atomic E-state index is -0.547. The van der Waals surface area contributed by atoms with Crippen LogP contribution in [-0.2, 0) is 15.7 Å². The molecule has 0 spiro atoms. The quantitative estimate of drug-likeness (QED) is 0.627. The first-order valence-corrected chi connectivity index (χ1v) is 7.23. The molecule has 1 aromatic rings. The van der Waals surface area contributed by atoms with Gasteiger partial charge in [-0.2, -0.15) is 0 Å². The maximum atomic E-state index is 12.0. The first-order chi connectivity index (χ1) is 9.21. The molecule has 0 aromatic carbocycles. The van der Waals surface area contributed by atoms with Crippen LogP contribution < -0.4 is 5.46 Å². The molecule has 0 amide bonds. The summed E-state index contributed by atoms with van der Waals surface area (Å²) >= 11 is 0. The summed E-state index contributed by atoms with van der Waals surface area (Å²) in [4.78, 5) is 12.0. The van der Waals surface area contributed by atoms with Crippen molar-refractivity contribution in [3.05, 3.63) is 17.6 Å². The smallest absolute Gasteiger partial charge is 0.458 e. The number of Topliss-reactive ketones (excluding diaryl/α,β-unsaturated/α-hetero) is 1. The summed E-state index contributed by atoms with van der Waals surface area (Å²) in [7, 11) is -0.547. The largest absolute Gasteiger partial charge is 0.498 e. The van der Waals surface area contributed by atoms with Crippen molar-refractivity contribution in [3.8, 4) is 0 Å². The molecule has 1 aliphatic rings. The third-order valence-corrected chi connectivity index (χ3v) is 4.24. The molecular weight excluding hydrogens is 255 g/mol. The molecule has 0 radical (unpaired) electrons. The SMILES string of the molecule is CCC(=O)c1oc(CC)cc1B1OC(C)(C)C(C)(C)O1. The molecule has 2 rings (SSSR count). The van der Waals surface area contributed by atoms with E-state index >= 15 is 0 Å². The first kappa shape index (κ1) is 15.3. The summed E-state index contributed by atoms with van der Waals surface area (Å²) in [6, 6.07) is 1.88. The third kappa shape index (κ3) is 2.45. The summed E-state index contributed by atoms with van der Waals surface area (Å²) in [6.07, 6.45) is 1.15. The number of ketones is 1. The summed E-state index contributed by atoms with van der Waals surface area (Å²) in [6.45, 7) is 11.8. The highest BCUT2D eigenvalue weighted by atomic mass is 16.7. The number of aryl methyl sites for hydroxylation is 1. The average Bonchev–Trinajstić information content (AvgIpc) is 2.88. The summed E-state index contributed by atoms with van der Waals surface area (Å²) in [5.41, 5.74) is -0.130. The molecule has 0 atom stereocenters. The Balaban J connectivity index is 2.39. The molecular formula is C15H23BO4. The average molecular weight is 278 g/mol. The zero-order valence-electron chi connectivity index (χ0n) is 13.2. The molecule has 1 aliphatic heterocycles. The van der Waals surface area contributed by atoms with Crippen molar-refractivity contribution >= 4 is 18.4 Å². The van der Waals surface area contributed by atoms with Crippen LogP contribution in [0.15, 0.2) is 10.5 Å². The Morgan fingerprint density at radius 1 is 1.15 bits per heavy atom. The second-order valence-electron chi connectivity index (χ2n) is 6.22. The fourth-order valence-corrected chi connectivity index (χ4v) is 2.16. The van der Waals surface area contributed by atoms with Gasteiger partial charge in [0.05, 0.1) is 11.2 Å². The zero-order valence-corrected chi connectivity index (χ0v) is 13.2. The van der Waals surface area contributed by atoms with Gasteiger partial charge in [0.1, 0.15) is 5.76 Å². The number of carbonyl (C=O) groups excluding carboxylic acids is 1. The monoisotopic (exact) mass is 278 g/mol. The Morgan fingerprint density at radius 2 is 1.70 bits per heavy atom. The van der Waals surface area contributed by atoms with Gasteiger partial charge in [0, 0.05) is 18.3 Å².